The predicted octanol–water partition coefficient (Wildman–Crippen LogP) is 4.64. The summed E-state index contributed by atoms with van der Waals surface area (Å²) in [6.45, 7) is 6.02. The summed E-state index contributed by atoms with van der Waals surface area (Å²) in [6, 6.07) is 7.93. The number of ether oxygens (including phenoxy) is 1. The van der Waals surface area contributed by atoms with E-state index in [1.54, 1.807) is 6.92 Å². The third kappa shape index (κ3) is 4.20. The van der Waals surface area contributed by atoms with Gasteiger partial charge in [-0.2, -0.15) is 0 Å². The normalized spacial score (nSPS) is 10.4. The van der Waals surface area contributed by atoms with Gasteiger partial charge in [0, 0.05) is 17.4 Å². The predicted molar refractivity (Wildman–Crippen MR) is 94.0 cm³/mol. The standard InChI is InChI=1S/C18H21NO3S/c1-4-6-15(20)19-17-16(18(21)22-5-2)14(11-23-17)13-9-7-12(3)8-10-13/h7-11H,4-6H2,1-3H3,(H,19,20). The second-order valence-corrected chi connectivity index (χ2v) is 6.12. The maximum atomic E-state index is 12.4. The molecule has 0 fully saturated rings. The number of hydrogen-bond acceptors (Lipinski definition) is 4. The van der Waals surface area contributed by atoms with Crippen molar-refractivity contribution >= 4 is 28.2 Å². The molecule has 0 bridgehead atoms. The van der Waals surface area contributed by atoms with Gasteiger partial charge in [-0.1, -0.05) is 36.8 Å². The van der Waals surface area contributed by atoms with Crippen molar-refractivity contribution in [3.8, 4) is 11.1 Å². The van der Waals surface area contributed by atoms with Crippen molar-refractivity contribution in [3.05, 3.63) is 40.8 Å². The van der Waals surface area contributed by atoms with Crippen LogP contribution in [0.5, 0.6) is 0 Å². The molecule has 23 heavy (non-hydrogen) atoms. The van der Waals surface area contributed by atoms with Crippen LogP contribution in [0.2, 0.25) is 0 Å². The van der Waals surface area contributed by atoms with Gasteiger partial charge in [0.05, 0.1) is 6.61 Å². The number of amides is 1. The Balaban J connectivity index is 2.42. The molecule has 0 radical (unpaired) electrons. The van der Waals surface area contributed by atoms with Crippen molar-refractivity contribution < 1.29 is 14.3 Å². The van der Waals surface area contributed by atoms with Crippen molar-refractivity contribution in [1.82, 2.24) is 0 Å². The Morgan fingerprint density at radius 1 is 1.17 bits per heavy atom. The van der Waals surface area contributed by atoms with E-state index in [1.807, 2.05) is 43.5 Å². The Morgan fingerprint density at radius 2 is 1.87 bits per heavy atom. The summed E-state index contributed by atoms with van der Waals surface area (Å²) in [5.74, 6) is -0.494. The molecule has 0 unspecified atom stereocenters. The Morgan fingerprint density at radius 3 is 2.48 bits per heavy atom. The number of aryl methyl sites for hydroxylation is 1. The van der Waals surface area contributed by atoms with Crippen molar-refractivity contribution in [2.45, 2.75) is 33.6 Å². The minimum atomic E-state index is -0.406. The highest BCUT2D eigenvalue weighted by Gasteiger charge is 2.22. The summed E-state index contributed by atoms with van der Waals surface area (Å²) in [4.78, 5) is 24.2. The number of anilines is 1. The lowest BCUT2D eigenvalue weighted by Crippen LogP contribution is -2.14. The summed E-state index contributed by atoms with van der Waals surface area (Å²) < 4.78 is 5.17. The third-order valence-corrected chi connectivity index (χ3v) is 4.26. The molecule has 122 valence electrons. The maximum Gasteiger partial charge on any atom is 0.341 e. The van der Waals surface area contributed by atoms with E-state index >= 15 is 0 Å². The maximum absolute atomic E-state index is 12.4. The Kier molecular flexibility index (Phi) is 5.93. The lowest BCUT2D eigenvalue weighted by Gasteiger charge is -2.08. The van der Waals surface area contributed by atoms with E-state index in [-0.39, 0.29) is 5.91 Å². The first-order chi connectivity index (χ1) is 11.1. The van der Waals surface area contributed by atoms with Crippen LogP contribution in [0.1, 0.15) is 42.6 Å². The number of benzene rings is 1. The fraction of sp³-hybridized carbons (Fsp3) is 0.333. The molecule has 4 nitrogen and oxygen atoms in total. The van der Waals surface area contributed by atoms with Crippen LogP contribution in [0.3, 0.4) is 0 Å². The second-order valence-electron chi connectivity index (χ2n) is 5.24. The molecule has 1 N–H and O–H groups in total. The first kappa shape index (κ1) is 17.2. The largest absolute Gasteiger partial charge is 0.462 e. The highest BCUT2D eigenvalue weighted by Crippen LogP contribution is 2.36. The number of rotatable bonds is 6. The van der Waals surface area contributed by atoms with Crippen LogP contribution in [0.4, 0.5) is 5.00 Å². The number of carbonyl (C=O) groups is 2. The van der Waals surface area contributed by atoms with E-state index in [9.17, 15) is 9.59 Å². The molecule has 5 heteroatoms. The number of hydrogen-bond donors (Lipinski definition) is 1. The van der Waals surface area contributed by atoms with Crippen LogP contribution in [0.25, 0.3) is 11.1 Å². The molecule has 1 aromatic heterocycles. The fourth-order valence-corrected chi connectivity index (χ4v) is 3.19. The molecule has 1 amide bonds. The van der Waals surface area contributed by atoms with E-state index in [1.165, 1.54) is 11.3 Å². The molecule has 0 aliphatic heterocycles. The number of esters is 1. The molecule has 2 rings (SSSR count). The third-order valence-electron chi connectivity index (χ3n) is 3.36. The summed E-state index contributed by atoms with van der Waals surface area (Å²) in [5, 5.41) is 5.27. The van der Waals surface area contributed by atoms with Gasteiger partial charge in [-0.3, -0.25) is 4.79 Å². The molecule has 0 saturated heterocycles. The smallest absolute Gasteiger partial charge is 0.341 e. The molecule has 1 aromatic carbocycles. The highest BCUT2D eigenvalue weighted by molar-refractivity contribution is 7.15. The second kappa shape index (κ2) is 7.92. The van der Waals surface area contributed by atoms with Gasteiger partial charge in [0.2, 0.25) is 5.91 Å². The minimum absolute atomic E-state index is 0.0876. The van der Waals surface area contributed by atoms with Crippen LogP contribution in [0.15, 0.2) is 29.6 Å². The molecule has 2 aromatic rings. The van der Waals surface area contributed by atoms with Crippen LogP contribution in [-0.4, -0.2) is 18.5 Å². The lowest BCUT2D eigenvalue weighted by molar-refractivity contribution is -0.116. The van der Waals surface area contributed by atoms with Gasteiger partial charge in [-0.25, -0.2) is 4.79 Å². The van der Waals surface area contributed by atoms with Gasteiger partial charge in [0.15, 0.2) is 0 Å². The fourth-order valence-electron chi connectivity index (χ4n) is 2.22. The van der Waals surface area contributed by atoms with Crippen LogP contribution in [0, 0.1) is 6.92 Å². The van der Waals surface area contributed by atoms with Gasteiger partial charge in [0.1, 0.15) is 10.6 Å². The van der Waals surface area contributed by atoms with Gasteiger partial charge >= 0.3 is 5.97 Å². The average molecular weight is 331 g/mol. The Hall–Kier alpha value is -2.14. The topological polar surface area (TPSA) is 55.4 Å². The number of thiophene rings is 1. The summed E-state index contributed by atoms with van der Waals surface area (Å²) in [7, 11) is 0. The van der Waals surface area contributed by atoms with E-state index in [4.69, 9.17) is 4.74 Å². The quantitative estimate of drug-likeness (QED) is 0.785. The molecule has 0 aliphatic rings. The number of carbonyl (C=O) groups excluding carboxylic acids is 2. The van der Waals surface area contributed by atoms with Crippen molar-refractivity contribution in [2.24, 2.45) is 0 Å². The lowest BCUT2D eigenvalue weighted by atomic mass is 10.0. The van der Waals surface area contributed by atoms with E-state index < -0.39 is 5.97 Å². The zero-order chi connectivity index (χ0) is 16.8. The van der Waals surface area contributed by atoms with Gasteiger partial charge in [-0.05, 0) is 25.8 Å². The number of nitrogens with one attached hydrogen (secondary N) is 1. The van der Waals surface area contributed by atoms with Crippen LogP contribution < -0.4 is 5.32 Å². The van der Waals surface area contributed by atoms with E-state index in [2.05, 4.69) is 5.32 Å². The van der Waals surface area contributed by atoms with E-state index in [0.717, 1.165) is 23.1 Å². The van der Waals surface area contributed by atoms with Crippen molar-refractivity contribution in [3.63, 3.8) is 0 Å². The molecule has 0 aliphatic carbocycles. The van der Waals surface area contributed by atoms with Crippen molar-refractivity contribution in [1.29, 1.82) is 0 Å². The van der Waals surface area contributed by atoms with Crippen molar-refractivity contribution in [2.75, 3.05) is 11.9 Å². The van der Waals surface area contributed by atoms with E-state index in [0.29, 0.717) is 23.6 Å². The molecule has 0 atom stereocenters. The summed E-state index contributed by atoms with van der Waals surface area (Å²) in [6.07, 6.45) is 1.19. The Bertz CT molecular complexity index is 689. The molecule has 1 heterocycles. The molecular formula is C18H21NO3S. The monoisotopic (exact) mass is 331 g/mol. The van der Waals surface area contributed by atoms with Crippen LogP contribution >= 0.6 is 11.3 Å². The zero-order valence-corrected chi connectivity index (χ0v) is 14.5. The summed E-state index contributed by atoms with van der Waals surface area (Å²) in [5.41, 5.74) is 3.31. The molecular weight excluding hydrogens is 310 g/mol. The van der Waals surface area contributed by atoms with Gasteiger partial charge in [0.25, 0.3) is 0 Å². The first-order valence-corrected chi connectivity index (χ1v) is 8.60. The van der Waals surface area contributed by atoms with Gasteiger partial charge in [-0.15, -0.1) is 11.3 Å². The van der Waals surface area contributed by atoms with Gasteiger partial charge < -0.3 is 10.1 Å². The average Bonchev–Trinajstić information content (AvgIpc) is 2.92. The highest BCUT2D eigenvalue weighted by atomic mass is 32.1. The minimum Gasteiger partial charge on any atom is -0.462 e. The first-order valence-electron chi connectivity index (χ1n) is 7.72. The molecule has 0 spiro atoms. The Labute approximate surface area is 140 Å². The molecule has 0 saturated carbocycles. The SMILES string of the molecule is CCCC(=O)Nc1scc(-c2ccc(C)cc2)c1C(=O)OCC. The van der Waals surface area contributed by atoms with Crippen LogP contribution in [-0.2, 0) is 9.53 Å². The zero-order valence-electron chi connectivity index (χ0n) is 13.6. The summed E-state index contributed by atoms with van der Waals surface area (Å²) >= 11 is 1.35.